The molecule has 0 saturated carbocycles. The number of ether oxygens (including phenoxy) is 4. The second-order valence-electron chi connectivity index (χ2n) is 9.48. The molecule has 5 rings (SSSR count). The summed E-state index contributed by atoms with van der Waals surface area (Å²) in [6.45, 7) is 0.694. The maximum Gasteiger partial charge on any atom is 0.231 e. The minimum Gasteiger partial charge on any atom is -0.481 e. The Morgan fingerprint density at radius 2 is 1.82 bits per heavy atom. The lowest BCUT2D eigenvalue weighted by atomic mass is 9.73. The third-order valence-corrected chi connectivity index (χ3v) is 7.30. The van der Waals surface area contributed by atoms with Crippen LogP contribution in [0.15, 0.2) is 65.1 Å². The number of rotatable bonds is 9. The van der Waals surface area contributed by atoms with Crippen LogP contribution in [0.3, 0.4) is 0 Å². The molecule has 8 nitrogen and oxygen atoms in total. The van der Waals surface area contributed by atoms with E-state index in [0.29, 0.717) is 47.5 Å². The summed E-state index contributed by atoms with van der Waals surface area (Å²) in [7, 11) is 7.10. The number of hydrogen-bond acceptors (Lipinski definition) is 8. The van der Waals surface area contributed by atoms with Crippen molar-refractivity contribution in [1.82, 2.24) is 14.9 Å². The fourth-order valence-corrected chi connectivity index (χ4v) is 5.34. The summed E-state index contributed by atoms with van der Waals surface area (Å²) in [6.07, 6.45) is 0.356. The fourth-order valence-electron chi connectivity index (χ4n) is 4.96. The number of nitrogens with zero attached hydrogens (tertiary/aromatic N) is 3. The smallest absolute Gasteiger partial charge is 0.231 e. The van der Waals surface area contributed by atoms with E-state index >= 15 is 0 Å². The fraction of sp³-hybridized carbons (Fsp3) is 0.310. The number of para-hydroxylation sites is 1. The molecule has 2 unspecified atom stereocenters. The lowest BCUT2D eigenvalue weighted by Crippen LogP contribution is -2.38. The monoisotopic (exact) mass is 579 g/mol. The molecule has 0 radical (unpaired) electrons. The van der Waals surface area contributed by atoms with Gasteiger partial charge in [0.2, 0.25) is 18.6 Å². The molecule has 9 heteroatoms. The third kappa shape index (κ3) is 4.89. The molecule has 0 saturated heterocycles. The molecule has 0 fully saturated rings. The highest BCUT2D eigenvalue weighted by Crippen LogP contribution is 2.52. The topological polar surface area (TPSA) is 86.2 Å². The first-order valence-corrected chi connectivity index (χ1v) is 13.0. The van der Waals surface area contributed by atoms with E-state index in [1.54, 1.807) is 20.3 Å². The normalized spacial score (nSPS) is 14.9. The molecule has 0 aliphatic carbocycles. The van der Waals surface area contributed by atoms with Gasteiger partial charge in [0.15, 0.2) is 11.5 Å². The summed E-state index contributed by atoms with van der Waals surface area (Å²) in [5, 5.41) is 13.8. The minimum absolute atomic E-state index is 0.104. The molecule has 1 aliphatic rings. The van der Waals surface area contributed by atoms with E-state index in [9.17, 15) is 5.11 Å². The molecule has 2 atom stereocenters. The molecule has 3 heterocycles. The number of aromatic nitrogens is 2. The van der Waals surface area contributed by atoms with E-state index in [1.165, 1.54) is 0 Å². The maximum atomic E-state index is 12.9. The molecule has 0 bridgehead atoms. The van der Waals surface area contributed by atoms with E-state index in [0.717, 1.165) is 20.9 Å². The van der Waals surface area contributed by atoms with Gasteiger partial charge in [0, 0.05) is 33.6 Å². The summed E-state index contributed by atoms with van der Waals surface area (Å²) >= 11 is 3.57. The van der Waals surface area contributed by atoms with Crippen LogP contribution in [0.5, 0.6) is 23.3 Å². The molecule has 0 spiro atoms. The van der Waals surface area contributed by atoms with Crippen LogP contribution in [-0.4, -0.2) is 61.6 Å². The van der Waals surface area contributed by atoms with Crippen molar-refractivity contribution >= 4 is 26.8 Å². The van der Waals surface area contributed by atoms with E-state index in [2.05, 4.69) is 15.9 Å². The van der Waals surface area contributed by atoms with Crippen LogP contribution >= 0.6 is 15.9 Å². The summed E-state index contributed by atoms with van der Waals surface area (Å²) in [5.74, 6) is 1.35. The van der Waals surface area contributed by atoms with Crippen molar-refractivity contribution in [2.24, 2.45) is 0 Å². The van der Waals surface area contributed by atoms with Gasteiger partial charge in [0.1, 0.15) is 5.60 Å². The number of benzene rings is 2. The van der Waals surface area contributed by atoms with E-state index in [1.807, 2.05) is 73.6 Å². The van der Waals surface area contributed by atoms with Crippen LogP contribution in [0.2, 0.25) is 0 Å². The van der Waals surface area contributed by atoms with Crippen LogP contribution in [0.1, 0.15) is 29.2 Å². The zero-order valence-corrected chi connectivity index (χ0v) is 23.4. The van der Waals surface area contributed by atoms with Crippen molar-refractivity contribution in [3.05, 3.63) is 82.0 Å². The lowest BCUT2D eigenvalue weighted by Gasteiger charge is -2.38. The highest BCUT2D eigenvalue weighted by atomic mass is 79.9. The van der Waals surface area contributed by atoms with Gasteiger partial charge in [-0.1, -0.05) is 34.1 Å². The molecule has 0 amide bonds. The highest BCUT2D eigenvalue weighted by Gasteiger charge is 2.45. The number of halogens is 1. The Morgan fingerprint density at radius 1 is 1.00 bits per heavy atom. The second kappa shape index (κ2) is 10.8. The number of pyridine rings is 2. The predicted molar refractivity (Wildman–Crippen MR) is 148 cm³/mol. The first-order chi connectivity index (χ1) is 18.3. The molecule has 2 aromatic heterocycles. The Hall–Kier alpha value is -3.40. The largest absolute Gasteiger partial charge is 0.481 e. The molecular weight excluding hydrogens is 550 g/mol. The summed E-state index contributed by atoms with van der Waals surface area (Å²) < 4.78 is 23.9. The van der Waals surface area contributed by atoms with Gasteiger partial charge in [-0.25, -0.2) is 9.97 Å². The Bertz CT molecular complexity index is 1460. The number of aliphatic hydroxyl groups is 1. The first-order valence-electron chi connectivity index (χ1n) is 12.3. The molecule has 2 aromatic carbocycles. The van der Waals surface area contributed by atoms with E-state index in [4.69, 9.17) is 28.9 Å². The Morgan fingerprint density at radius 3 is 2.58 bits per heavy atom. The zero-order chi connectivity index (χ0) is 26.9. The molecule has 1 aliphatic heterocycles. The van der Waals surface area contributed by atoms with Gasteiger partial charge in [0.05, 0.1) is 31.3 Å². The predicted octanol–water partition coefficient (Wildman–Crippen LogP) is 5.11. The minimum atomic E-state index is -1.51. The lowest BCUT2D eigenvalue weighted by molar-refractivity contribution is -0.00131. The quantitative estimate of drug-likeness (QED) is 0.293. The van der Waals surface area contributed by atoms with E-state index in [-0.39, 0.29) is 6.79 Å². The van der Waals surface area contributed by atoms with Gasteiger partial charge in [-0.15, -0.1) is 0 Å². The standard InChI is InChI=1S/C29H30BrN3O5/c1-33(2)14-13-29(34,24-9-6-10-25(32-24)35-3)26(20-7-5-8-23-27(20)38-17-37-23)21-16-18-15-19(30)11-12-22(18)31-28(21)36-4/h5-12,15-16,26,34H,13-14,17H2,1-4H3. The van der Waals surface area contributed by atoms with Crippen molar-refractivity contribution in [3.8, 4) is 23.3 Å². The van der Waals surface area contributed by atoms with E-state index < -0.39 is 11.5 Å². The average molecular weight is 580 g/mol. The van der Waals surface area contributed by atoms with Crippen LogP contribution < -0.4 is 18.9 Å². The maximum absolute atomic E-state index is 12.9. The summed E-state index contributed by atoms with van der Waals surface area (Å²) in [6, 6.07) is 19.0. The Balaban J connectivity index is 1.83. The van der Waals surface area contributed by atoms with Crippen LogP contribution in [0, 0.1) is 0 Å². The van der Waals surface area contributed by atoms with Gasteiger partial charge in [-0.2, -0.15) is 0 Å². The van der Waals surface area contributed by atoms with Gasteiger partial charge in [0.25, 0.3) is 0 Å². The van der Waals surface area contributed by atoms with Crippen molar-refractivity contribution in [2.75, 3.05) is 41.7 Å². The van der Waals surface area contributed by atoms with Crippen molar-refractivity contribution in [1.29, 1.82) is 0 Å². The highest BCUT2D eigenvalue weighted by molar-refractivity contribution is 9.10. The molecular formula is C29H30BrN3O5. The van der Waals surface area contributed by atoms with Gasteiger partial charge in [-0.05, 0) is 56.9 Å². The Kier molecular flexibility index (Phi) is 7.43. The number of hydrogen-bond donors (Lipinski definition) is 1. The number of methoxy groups -OCH3 is 2. The summed E-state index contributed by atoms with van der Waals surface area (Å²) in [4.78, 5) is 11.6. The number of fused-ring (bicyclic) bond motifs is 2. The first kappa shape index (κ1) is 26.2. The van der Waals surface area contributed by atoms with Gasteiger partial charge in [-0.3, -0.25) is 0 Å². The van der Waals surface area contributed by atoms with Gasteiger partial charge >= 0.3 is 0 Å². The van der Waals surface area contributed by atoms with Crippen molar-refractivity contribution < 1.29 is 24.1 Å². The van der Waals surface area contributed by atoms with Crippen LogP contribution in [0.25, 0.3) is 10.9 Å². The zero-order valence-electron chi connectivity index (χ0n) is 21.8. The Labute approximate surface area is 230 Å². The SMILES string of the molecule is COc1cccc(C(O)(CCN(C)C)C(c2cc3cc(Br)ccc3nc2OC)c2cccc3c2OCO3)n1. The molecule has 4 aromatic rings. The van der Waals surface area contributed by atoms with Crippen LogP contribution in [0.4, 0.5) is 0 Å². The third-order valence-electron chi connectivity index (χ3n) is 6.81. The molecule has 38 heavy (non-hydrogen) atoms. The van der Waals surface area contributed by atoms with Crippen molar-refractivity contribution in [2.45, 2.75) is 17.9 Å². The van der Waals surface area contributed by atoms with Crippen LogP contribution in [-0.2, 0) is 5.60 Å². The molecule has 198 valence electrons. The van der Waals surface area contributed by atoms with Gasteiger partial charge < -0.3 is 29.0 Å². The van der Waals surface area contributed by atoms with Crippen molar-refractivity contribution in [3.63, 3.8) is 0 Å². The summed E-state index contributed by atoms with van der Waals surface area (Å²) in [5.41, 5.74) is 1.20. The second-order valence-corrected chi connectivity index (χ2v) is 10.4. The average Bonchev–Trinajstić information content (AvgIpc) is 3.41. The molecule has 1 N–H and O–H groups in total.